The molecule has 0 spiro atoms. The monoisotopic (exact) mass is 352 g/mol. The fourth-order valence-electron chi connectivity index (χ4n) is 2.60. The molecule has 2 rings (SSSR count). The van der Waals surface area contributed by atoms with Gasteiger partial charge in [-0.25, -0.2) is 0 Å². The number of nitrogens with one attached hydrogen (secondary N) is 1. The van der Waals surface area contributed by atoms with Crippen molar-refractivity contribution in [3.63, 3.8) is 0 Å². The third-order valence-corrected chi connectivity index (χ3v) is 4.06. The molecule has 0 saturated carbocycles. The van der Waals surface area contributed by atoms with Gasteiger partial charge in [0.15, 0.2) is 0 Å². The van der Waals surface area contributed by atoms with E-state index in [1.807, 2.05) is 43.3 Å². The summed E-state index contributed by atoms with van der Waals surface area (Å²) in [6, 6.07) is 16.5. The lowest BCUT2D eigenvalue weighted by Crippen LogP contribution is -2.36. The highest BCUT2D eigenvalue weighted by molar-refractivity contribution is 5.73. The van der Waals surface area contributed by atoms with Gasteiger partial charge in [0.2, 0.25) is 0 Å². The van der Waals surface area contributed by atoms with Crippen molar-refractivity contribution in [2.45, 2.75) is 45.4 Å². The fraction of sp³-hybridized carbons (Fsp3) is 0.333. The normalized spacial score (nSPS) is 11.5. The molecule has 0 aliphatic heterocycles. The molecule has 2 N–H and O–H groups in total. The van der Waals surface area contributed by atoms with Crippen LogP contribution in [-0.4, -0.2) is 17.1 Å². The van der Waals surface area contributed by atoms with Gasteiger partial charge in [-0.05, 0) is 41.8 Å². The summed E-state index contributed by atoms with van der Waals surface area (Å²) in [6.07, 6.45) is 2.48. The maximum absolute atomic E-state index is 11.3. The molecule has 0 aliphatic rings. The van der Waals surface area contributed by atoms with Gasteiger partial charge in [0.1, 0.15) is 18.4 Å². The summed E-state index contributed by atoms with van der Waals surface area (Å²) in [4.78, 5) is 11.3. The number of nitriles is 1. The average Bonchev–Trinajstić information content (AvgIpc) is 2.66. The van der Waals surface area contributed by atoms with Crippen LogP contribution in [0.15, 0.2) is 48.5 Å². The highest BCUT2D eigenvalue weighted by Crippen LogP contribution is 2.16. The van der Waals surface area contributed by atoms with E-state index in [1.165, 1.54) is 0 Å². The van der Waals surface area contributed by atoms with E-state index in [4.69, 9.17) is 10.00 Å². The Kier molecular flexibility index (Phi) is 7.66. The molecule has 26 heavy (non-hydrogen) atoms. The third kappa shape index (κ3) is 6.23. The van der Waals surface area contributed by atoms with Crippen LogP contribution in [0.3, 0.4) is 0 Å². The molecule has 0 amide bonds. The van der Waals surface area contributed by atoms with E-state index in [9.17, 15) is 9.90 Å². The Morgan fingerprint density at radius 2 is 2.00 bits per heavy atom. The van der Waals surface area contributed by atoms with Crippen LogP contribution in [0.25, 0.3) is 0 Å². The number of hydrogen-bond donors (Lipinski definition) is 2. The number of unbranched alkanes of at least 4 members (excludes halogenated alkanes) is 1. The number of rotatable bonds is 10. The van der Waals surface area contributed by atoms with Crippen LogP contribution in [0.1, 0.15) is 42.9 Å². The molecular weight excluding hydrogens is 328 g/mol. The molecule has 0 radical (unpaired) electrons. The number of carboxylic acid groups (broad SMARTS) is 1. The van der Waals surface area contributed by atoms with Gasteiger partial charge in [0.05, 0.1) is 11.6 Å². The molecule has 2 aromatic rings. The minimum absolute atomic E-state index is 0.376. The van der Waals surface area contributed by atoms with Gasteiger partial charge >= 0.3 is 5.97 Å². The predicted molar refractivity (Wildman–Crippen MR) is 99.7 cm³/mol. The SMILES string of the molecule is CCCCC(NCc1cccc(OCc2cccc(C#N)c2)c1)C(=O)O. The van der Waals surface area contributed by atoms with Crippen LogP contribution >= 0.6 is 0 Å². The average molecular weight is 352 g/mol. The predicted octanol–water partition coefficient (Wildman–Crippen LogP) is 3.87. The van der Waals surface area contributed by atoms with Crippen LogP contribution < -0.4 is 10.1 Å². The van der Waals surface area contributed by atoms with E-state index in [-0.39, 0.29) is 0 Å². The number of benzene rings is 2. The highest BCUT2D eigenvalue weighted by Gasteiger charge is 2.15. The molecule has 5 heteroatoms. The molecule has 0 aliphatic carbocycles. The molecule has 136 valence electrons. The van der Waals surface area contributed by atoms with Gasteiger partial charge in [0, 0.05) is 6.54 Å². The summed E-state index contributed by atoms with van der Waals surface area (Å²) < 4.78 is 5.80. The van der Waals surface area contributed by atoms with E-state index >= 15 is 0 Å². The van der Waals surface area contributed by atoms with E-state index < -0.39 is 12.0 Å². The summed E-state index contributed by atoms with van der Waals surface area (Å²) in [5, 5.41) is 21.3. The Morgan fingerprint density at radius 1 is 1.23 bits per heavy atom. The Bertz CT molecular complexity index is 768. The smallest absolute Gasteiger partial charge is 0.320 e. The van der Waals surface area contributed by atoms with Crippen molar-refractivity contribution >= 4 is 5.97 Å². The molecular formula is C21H24N2O3. The van der Waals surface area contributed by atoms with Crippen molar-refractivity contribution in [3.8, 4) is 11.8 Å². The van der Waals surface area contributed by atoms with E-state index in [0.717, 1.165) is 24.0 Å². The maximum atomic E-state index is 11.3. The minimum atomic E-state index is -0.816. The fourth-order valence-corrected chi connectivity index (χ4v) is 2.60. The Balaban J connectivity index is 1.92. The molecule has 0 saturated heterocycles. The summed E-state index contributed by atoms with van der Waals surface area (Å²) in [7, 11) is 0. The molecule has 2 aromatic carbocycles. The zero-order chi connectivity index (χ0) is 18.8. The summed E-state index contributed by atoms with van der Waals surface area (Å²) in [5.74, 6) is -0.102. The summed E-state index contributed by atoms with van der Waals surface area (Å²) >= 11 is 0. The van der Waals surface area contributed by atoms with E-state index in [1.54, 1.807) is 12.1 Å². The van der Waals surface area contributed by atoms with Gasteiger partial charge < -0.3 is 15.2 Å². The van der Waals surface area contributed by atoms with Crippen molar-refractivity contribution in [1.29, 1.82) is 5.26 Å². The van der Waals surface area contributed by atoms with Crippen molar-refractivity contribution in [3.05, 3.63) is 65.2 Å². The van der Waals surface area contributed by atoms with Gasteiger partial charge in [-0.1, -0.05) is 44.0 Å². The Hall–Kier alpha value is -2.84. The number of carbonyl (C=O) groups is 1. The van der Waals surface area contributed by atoms with Crippen molar-refractivity contribution in [1.82, 2.24) is 5.32 Å². The molecule has 0 aromatic heterocycles. The van der Waals surface area contributed by atoms with Gasteiger partial charge in [0.25, 0.3) is 0 Å². The van der Waals surface area contributed by atoms with Crippen molar-refractivity contribution in [2.75, 3.05) is 0 Å². The molecule has 1 unspecified atom stereocenters. The second-order valence-corrected chi connectivity index (χ2v) is 6.16. The van der Waals surface area contributed by atoms with Crippen molar-refractivity contribution in [2.24, 2.45) is 0 Å². The summed E-state index contributed by atoms with van der Waals surface area (Å²) in [5.41, 5.74) is 2.50. The number of hydrogen-bond acceptors (Lipinski definition) is 4. The van der Waals surface area contributed by atoms with Crippen LogP contribution in [0.5, 0.6) is 5.75 Å². The van der Waals surface area contributed by atoms with Crippen LogP contribution in [-0.2, 0) is 17.9 Å². The zero-order valence-electron chi connectivity index (χ0n) is 14.9. The largest absolute Gasteiger partial charge is 0.489 e. The van der Waals surface area contributed by atoms with Crippen molar-refractivity contribution < 1.29 is 14.6 Å². The highest BCUT2D eigenvalue weighted by atomic mass is 16.5. The van der Waals surface area contributed by atoms with Gasteiger partial charge in [-0.2, -0.15) is 5.26 Å². The Labute approximate surface area is 154 Å². The van der Waals surface area contributed by atoms with E-state index in [0.29, 0.717) is 30.9 Å². The van der Waals surface area contributed by atoms with Crippen LogP contribution in [0, 0.1) is 11.3 Å². The van der Waals surface area contributed by atoms with Gasteiger partial charge in [-0.15, -0.1) is 0 Å². The first-order valence-electron chi connectivity index (χ1n) is 8.79. The summed E-state index contributed by atoms with van der Waals surface area (Å²) in [6.45, 7) is 2.90. The van der Waals surface area contributed by atoms with Gasteiger partial charge in [-0.3, -0.25) is 4.79 Å². The van der Waals surface area contributed by atoms with Crippen LogP contribution in [0.2, 0.25) is 0 Å². The number of aliphatic carboxylic acids is 1. The molecule has 1 atom stereocenters. The second kappa shape index (κ2) is 10.2. The lowest BCUT2D eigenvalue weighted by molar-refractivity contribution is -0.139. The standard InChI is InChI=1S/C21H24N2O3/c1-2-3-10-20(21(24)25)23-14-17-7-5-9-19(12-17)26-15-18-8-4-6-16(11-18)13-22/h4-9,11-12,20,23H,2-3,10,14-15H2,1H3,(H,24,25). The number of ether oxygens (including phenoxy) is 1. The lowest BCUT2D eigenvalue weighted by atomic mass is 10.1. The minimum Gasteiger partial charge on any atom is -0.489 e. The first kappa shape index (κ1) is 19.5. The third-order valence-electron chi connectivity index (χ3n) is 4.06. The molecule has 0 fully saturated rings. The first-order valence-corrected chi connectivity index (χ1v) is 8.79. The second-order valence-electron chi connectivity index (χ2n) is 6.16. The Morgan fingerprint density at radius 3 is 2.73 bits per heavy atom. The topological polar surface area (TPSA) is 82.3 Å². The molecule has 0 bridgehead atoms. The number of carboxylic acids is 1. The molecule has 0 heterocycles. The van der Waals surface area contributed by atoms with E-state index in [2.05, 4.69) is 11.4 Å². The molecule has 5 nitrogen and oxygen atoms in total. The lowest BCUT2D eigenvalue weighted by Gasteiger charge is -2.14. The van der Waals surface area contributed by atoms with Crippen LogP contribution in [0.4, 0.5) is 0 Å². The first-order chi connectivity index (χ1) is 12.6. The maximum Gasteiger partial charge on any atom is 0.320 e. The zero-order valence-corrected chi connectivity index (χ0v) is 14.9. The number of nitrogens with zero attached hydrogens (tertiary/aromatic N) is 1. The quantitative estimate of drug-likeness (QED) is 0.678.